The smallest absolute Gasteiger partial charge is 0.180 e. The number of allylic oxidation sites excluding steroid dienone is 1. The Bertz CT molecular complexity index is 1220. The molecule has 0 radical (unpaired) electrons. The van der Waals surface area contributed by atoms with Crippen LogP contribution in [-0.4, -0.2) is 31.9 Å². The predicted molar refractivity (Wildman–Crippen MR) is 119 cm³/mol. The van der Waals surface area contributed by atoms with Gasteiger partial charge in [-0.2, -0.15) is 0 Å². The van der Waals surface area contributed by atoms with Crippen molar-refractivity contribution in [3.05, 3.63) is 59.5 Å². The maximum atomic E-state index is 14.6. The number of rotatable bonds is 5. The summed E-state index contributed by atoms with van der Waals surface area (Å²) in [6.45, 7) is 5.34. The molecule has 2 aliphatic heterocycles. The normalized spacial score (nSPS) is 18.2. The van der Waals surface area contributed by atoms with Crippen molar-refractivity contribution >= 4 is 33.8 Å². The lowest BCUT2D eigenvalue weighted by molar-refractivity contribution is 0.587. The average Bonchev–Trinajstić information content (AvgIpc) is 3.23. The van der Waals surface area contributed by atoms with Crippen molar-refractivity contribution in [1.29, 1.82) is 0 Å². The van der Waals surface area contributed by atoms with Gasteiger partial charge in [-0.1, -0.05) is 19.1 Å². The molecule has 0 saturated heterocycles. The fourth-order valence-electron chi connectivity index (χ4n) is 3.53. The first-order chi connectivity index (χ1) is 14.3. The third-order valence-corrected chi connectivity index (χ3v) is 7.55. The van der Waals surface area contributed by atoms with E-state index in [2.05, 4.69) is 21.9 Å². The Hall–Kier alpha value is -2.93. The molecule has 2 aromatic rings. The van der Waals surface area contributed by atoms with Crippen LogP contribution in [-0.2, 0) is 9.84 Å². The van der Waals surface area contributed by atoms with Crippen LogP contribution in [0.1, 0.15) is 32.8 Å². The van der Waals surface area contributed by atoms with Crippen LogP contribution in [0.2, 0.25) is 0 Å². The van der Waals surface area contributed by atoms with Crippen molar-refractivity contribution in [1.82, 2.24) is 0 Å². The number of benzene rings is 2. The highest BCUT2D eigenvalue weighted by Gasteiger charge is 2.27. The summed E-state index contributed by atoms with van der Waals surface area (Å²) in [6.07, 6.45) is 4.27. The molecular weight excluding hydrogens is 401 g/mol. The van der Waals surface area contributed by atoms with Crippen LogP contribution in [0.3, 0.4) is 0 Å². The number of hydrogen-bond donors (Lipinski definition) is 0. The molecule has 0 N–H and O–H groups in total. The zero-order valence-electron chi connectivity index (χ0n) is 17.0. The van der Waals surface area contributed by atoms with Gasteiger partial charge in [0.1, 0.15) is 17.9 Å². The molecule has 0 aliphatic carbocycles. The van der Waals surface area contributed by atoms with Gasteiger partial charge in [0.25, 0.3) is 0 Å². The van der Waals surface area contributed by atoms with Crippen LogP contribution >= 0.6 is 0 Å². The topological polar surface area (TPSA) is 71.2 Å². The first-order valence-corrected chi connectivity index (χ1v) is 11.4. The van der Waals surface area contributed by atoms with Gasteiger partial charge in [0.15, 0.2) is 9.84 Å². The largest absolute Gasteiger partial charge is 0.258 e. The summed E-state index contributed by atoms with van der Waals surface area (Å²) in [7, 11) is -3.38. The van der Waals surface area contributed by atoms with E-state index in [1.807, 2.05) is 6.21 Å². The van der Waals surface area contributed by atoms with Gasteiger partial charge in [-0.05, 0) is 56.2 Å². The molecule has 2 heterocycles. The second-order valence-corrected chi connectivity index (χ2v) is 10.1. The zero-order chi connectivity index (χ0) is 21.5. The lowest BCUT2D eigenvalue weighted by Gasteiger charge is -2.18. The summed E-state index contributed by atoms with van der Waals surface area (Å²) < 4.78 is 39.3. The van der Waals surface area contributed by atoms with E-state index in [1.54, 1.807) is 38.1 Å². The maximum absolute atomic E-state index is 14.6. The molecule has 0 bridgehead atoms. The molecule has 5 nitrogen and oxygen atoms in total. The standard InChI is InChI=1S/C23H22FN3O2S/c1-4-15-12-25-22(23-21(15)26-13-27-23)17-7-10-20(24)19(11-17)16-5-8-18(9-6-16)30(28,29)14(2)3/h5-15H,4H2,1-3H3. The third-order valence-electron chi connectivity index (χ3n) is 5.38. The molecule has 1 unspecified atom stereocenters. The monoisotopic (exact) mass is 423 g/mol. The van der Waals surface area contributed by atoms with Gasteiger partial charge < -0.3 is 0 Å². The molecule has 1 atom stereocenters. The fraction of sp³-hybridized carbons (Fsp3) is 0.261. The van der Waals surface area contributed by atoms with Gasteiger partial charge in [0, 0.05) is 23.3 Å². The van der Waals surface area contributed by atoms with Gasteiger partial charge in [-0.15, -0.1) is 0 Å². The van der Waals surface area contributed by atoms with Crippen LogP contribution in [0.15, 0.2) is 68.0 Å². The maximum Gasteiger partial charge on any atom is 0.180 e. The van der Waals surface area contributed by atoms with E-state index < -0.39 is 15.1 Å². The molecule has 154 valence electrons. The van der Waals surface area contributed by atoms with Crippen molar-refractivity contribution in [2.24, 2.45) is 20.9 Å². The lowest BCUT2D eigenvalue weighted by Crippen LogP contribution is -2.19. The Kier molecular flexibility index (Phi) is 5.24. The molecule has 0 fully saturated rings. The fourth-order valence-corrected chi connectivity index (χ4v) is 4.59. The summed E-state index contributed by atoms with van der Waals surface area (Å²) in [4.78, 5) is 13.6. The average molecular weight is 424 g/mol. The van der Waals surface area contributed by atoms with Gasteiger partial charge >= 0.3 is 0 Å². The summed E-state index contributed by atoms with van der Waals surface area (Å²) in [6, 6.07) is 11.1. The van der Waals surface area contributed by atoms with E-state index >= 15 is 0 Å². The Morgan fingerprint density at radius 3 is 2.37 bits per heavy atom. The minimum Gasteiger partial charge on any atom is -0.258 e. The minimum atomic E-state index is -3.38. The van der Waals surface area contributed by atoms with Crippen molar-refractivity contribution in [3.63, 3.8) is 0 Å². The summed E-state index contributed by atoms with van der Waals surface area (Å²) >= 11 is 0. The van der Waals surface area contributed by atoms with E-state index in [9.17, 15) is 12.8 Å². The minimum absolute atomic E-state index is 0.126. The van der Waals surface area contributed by atoms with Gasteiger partial charge in [-0.25, -0.2) is 22.8 Å². The number of nitrogens with zero attached hydrogens (tertiary/aromatic N) is 3. The Morgan fingerprint density at radius 1 is 1.00 bits per heavy atom. The summed E-state index contributed by atoms with van der Waals surface area (Å²) in [5.74, 6) is -0.263. The molecule has 30 heavy (non-hydrogen) atoms. The van der Waals surface area contributed by atoms with Gasteiger partial charge in [-0.3, -0.25) is 4.99 Å². The van der Waals surface area contributed by atoms with Gasteiger partial charge in [0.05, 0.1) is 21.6 Å². The molecular formula is C23H22FN3O2S. The molecule has 0 saturated carbocycles. The lowest BCUT2D eigenvalue weighted by atomic mass is 9.93. The van der Waals surface area contributed by atoms with E-state index in [1.165, 1.54) is 24.5 Å². The first-order valence-electron chi connectivity index (χ1n) is 9.86. The molecule has 2 aliphatic rings. The van der Waals surface area contributed by atoms with E-state index in [-0.39, 0.29) is 16.6 Å². The van der Waals surface area contributed by atoms with E-state index in [0.29, 0.717) is 16.8 Å². The quantitative estimate of drug-likeness (QED) is 0.684. The highest BCUT2D eigenvalue weighted by molar-refractivity contribution is 7.92. The predicted octanol–water partition coefficient (Wildman–Crippen LogP) is 4.94. The van der Waals surface area contributed by atoms with E-state index in [4.69, 9.17) is 0 Å². The number of sulfone groups is 1. The first kappa shape index (κ1) is 20.3. The molecule has 0 amide bonds. The second-order valence-electron chi connectivity index (χ2n) is 7.56. The van der Waals surface area contributed by atoms with Crippen molar-refractivity contribution in [2.75, 3.05) is 0 Å². The van der Waals surface area contributed by atoms with Crippen LogP contribution in [0.25, 0.3) is 16.8 Å². The Balaban J connectivity index is 1.75. The molecule has 0 spiro atoms. The molecule has 7 heteroatoms. The van der Waals surface area contributed by atoms with Crippen LogP contribution < -0.4 is 0 Å². The van der Waals surface area contributed by atoms with Crippen molar-refractivity contribution in [2.45, 2.75) is 37.3 Å². The molecule has 2 aromatic carbocycles. The zero-order valence-corrected chi connectivity index (χ0v) is 17.8. The van der Waals surface area contributed by atoms with Crippen LogP contribution in [0.5, 0.6) is 0 Å². The SMILES string of the molecule is CCC1C=NC(c2ccc(F)c(-c3ccc(S(=O)(=O)C(C)C)cc3)c2)=C2N=CN=C21. The number of halogens is 1. The Labute approximate surface area is 175 Å². The molecule has 4 rings (SSSR count). The van der Waals surface area contributed by atoms with Crippen molar-refractivity contribution < 1.29 is 12.8 Å². The van der Waals surface area contributed by atoms with Crippen LogP contribution in [0.4, 0.5) is 4.39 Å². The number of fused-ring (bicyclic) bond motifs is 1. The molecule has 0 aromatic heterocycles. The highest BCUT2D eigenvalue weighted by atomic mass is 32.2. The van der Waals surface area contributed by atoms with Crippen molar-refractivity contribution in [3.8, 4) is 11.1 Å². The third kappa shape index (κ3) is 3.43. The highest BCUT2D eigenvalue weighted by Crippen LogP contribution is 2.34. The van der Waals surface area contributed by atoms with Gasteiger partial charge in [0.2, 0.25) is 0 Å². The summed E-state index contributed by atoms with van der Waals surface area (Å²) in [5.41, 5.74) is 3.97. The number of hydrogen-bond acceptors (Lipinski definition) is 5. The van der Waals surface area contributed by atoms with E-state index in [0.717, 1.165) is 23.4 Å². The summed E-state index contributed by atoms with van der Waals surface area (Å²) in [5, 5.41) is -0.518. The second kappa shape index (κ2) is 7.72. The Morgan fingerprint density at radius 2 is 1.70 bits per heavy atom. The van der Waals surface area contributed by atoms with Crippen LogP contribution in [0, 0.1) is 11.7 Å². The number of aliphatic imine (C=N–C) groups is 3.